The summed E-state index contributed by atoms with van der Waals surface area (Å²) < 4.78 is 0. The van der Waals surface area contributed by atoms with Gasteiger partial charge in [-0.25, -0.2) is 0 Å². The first kappa shape index (κ1) is 12.5. The highest BCUT2D eigenvalue weighted by Crippen LogP contribution is 2.40. The van der Waals surface area contributed by atoms with Crippen molar-refractivity contribution in [1.82, 2.24) is 5.32 Å². The van der Waals surface area contributed by atoms with Gasteiger partial charge in [0, 0.05) is 17.5 Å². The molecule has 4 atom stereocenters. The molecule has 0 aliphatic heterocycles. The summed E-state index contributed by atoms with van der Waals surface area (Å²) in [7, 11) is 0. The van der Waals surface area contributed by atoms with E-state index in [4.69, 9.17) is 5.11 Å². The number of hydrogen-bond donors (Lipinski definition) is 3. The van der Waals surface area contributed by atoms with Crippen LogP contribution in [0.25, 0.3) is 0 Å². The van der Waals surface area contributed by atoms with E-state index in [9.17, 15) is 9.90 Å². The van der Waals surface area contributed by atoms with Gasteiger partial charge in [-0.3, -0.25) is 4.79 Å². The van der Waals surface area contributed by atoms with Crippen molar-refractivity contribution in [2.24, 2.45) is 11.3 Å². The van der Waals surface area contributed by atoms with Gasteiger partial charge in [0.15, 0.2) is 0 Å². The number of aliphatic hydroxyl groups is 1. The fraction of sp³-hybridized carbons (Fsp3) is 0.909. The smallest absolute Gasteiger partial charge is 0.307 e. The predicted molar refractivity (Wildman–Crippen MR) is 57.6 cm³/mol. The summed E-state index contributed by atoms with van der Waals surface area (Å²) in [6, 6.07) is 0.142. The van der Waals surface area contributed by atoms with Crippen LogP contribution in [0.3, 0.4) is 0 Å². The van der Waals surface area contributed by atoms with E-state index >= 15 is 0 Å². The molecule has 1 rings (SSSR count). The van der Waals surface area contributed by atoms with Crippen LogP contribution in [0.1, 0.15) is 34.1 Å². The molecule has 1 fully saturated rings. The normalized spacial score (nSPS) is 32.9. The number of aliphatic hydroxyl groups excluding tert-OH is 1. The third-order valence-corrected chi connectivity index (χ3v) is 3.82. The lowest BCUT2D eigenvalue weighted by Gasteiger charge is -2.51. The molecule has 1 saturated carbocycles. The largest absolute Gasteiger partial charge is 0.481 e. The summed E-state index contributed by atoms with van der Waals surface area (Å²) >= 11 is 0. The van der Waals surface area contributed by atoms with Crippen molar-refractivity contribution in [2.75, 3.05) is 0 Å². The molecule has 15 heavy (non-hydrogen) atoms. The van der Waals surface area contributed by atoms with Crippen LogP contribution < -0.4 is 5.32 Å². The minimum atomic E-state index is -0.785. The minimum Gasteiger partial charge on any atom is -0.481 e. The second-order valence-electron chi connectivity index (χ2n) is 5.21. The Kier molecular flexibility index (Phi) is 3.41. The van der Waals surface area contributed by atoms with Crippen molar-refractivity contribution in [3.05, 3.63) is 0 Å². The van der Waals surface area contributed by atoms with E-state index < -0.39 is 11.9 Å². The minimum absolute atomic E-state index is 0.0701. The fourth-order valence-corrected chi connectivity index (χ4v) is 1.86. The van der Waals surface area contributed by atoms with Gasteiger partial charge in [-0.1, -0.05) is 20.8 Å². The highest BCUT2D eigenvalue weighted by atomic mass is 16.4. The molecule has 0 aromatic carbocycles. The second-order valence-corrected chi connectivity index (χ2v) is 5.21. The van der Waals surface area contributed by atoms with Crippen LogP contribution in [-0.4, -0.2) is 34.4 Å². The third kappa shape index (κ3) is 2.32. The third-order valence-electron chi connectivity index (χ3n) is 3.82. The van der Waals surface area contributed by atoms with E-state index in [1.807, 2.05) is 20.8 Å². The predicted octanol–water partition coefficient (Wildman–Crippen LogP) is 0.845. The zero-order chi connectivity index (χ0) is 11.8. The molecule has 0 spiro atoms. The lowest BCUT2D eigenvalue weighted by atomic mass is 9.64. The Balaban J connectivity index is 2.47. The average Bonchev–Trinajstić information content (AvgIpc) is 2.15. The summed E-state index contributed by atoms with van der Waals surface area (Å²) in [5, 5.41) is 21.7. The number of carbonyl (C=O) groups is 1. The summed E-state index contributed by atoms with van der Waals surface area (Å²) in [5.74, 6) is -1.19. The number of rotatable bonds is 4. The molecule has 0 aromatic rings. The Hall–Kier alpha value is -0.610. The lowest BCUT2D eigenvalue weighted by molar-refractivity contribution is -0.142. The first-order chi connectivity index (χ1) is 6.76. The first-order valence-electron chi connectivity index (χ1n) is 5.43. The topological polar surface area (TPSA) is 69.6 Å². The number of carboxylic acid groups (broad SMARTS) is 1. The Bertz CT molecular complexity index is 252. The highest BCUT2D eigenvalue weighted by molar-refractivity contribution is 5.70. The molecule has 0 aromatic heterocycles. The van der Waals surface area contributed by atoms with Gasteiger partial charge in [0.05, 0.1) is 12.0 Å². The van der Waals surface area contributed by atoms with Crippen molar-refractivity contribution >= 4 is 5.97 Å². The van der Waals surface area contributed by atoms with E-state index in [0.29, 0.717) is 6.42 Å². The summed E-state index contributed by atoms with van der Waals surface area (Å²) in [6.07, 6.45) is 0.436. The van der Waals surface area contributed by atoms with E-state index in [2.05, 4.69) is 5.32 Å². The number of carboxylic acids is 1. The van der Waals surface area contributed by atoms with Gasteiger partial charge in [-0.15, -0.1) is 0 Å². The second kappa shape index (κ2) is 4.10. The molecule has 0 radical (unpaired) electrons. The van der Waals surface area contributed by atoms with Crippen molar-refractivity contribution in [2.45, 2.75) is 52.3 Å². The van der Waals surface area contributed by atoms with E-state index in [1.54, 1.807) is 6.92 Å². The van der Waals surface area contributed by atoms with Gasteiger partial charge in [-0.05, 0) is 13.3 Å². The highest BCUT2D eigenvalue weighted by Gasteiger charge is 2.47. The SMILES string of the molecule is CC(NC1CC(O)C1(C)C)C(C)C(=O)O. The molecule has 3 N–H and O–H groups in total. The molecular weight excluding hydrogens is 194 g/mol. The standard InChI is InChI=1S/C11H21NO3/c1-6(10(14)15)7(2)12-8-5-9(13)11(8,3)4/h6-9,12-13H,5H2,1-4H3,(H,14,15). The van der Waals surface area contributed by atoms with E-state index in [-0.39, 0.29) is 23.6 Å². The van der Waals surface area contributed by atoms with Gasteiger partial charge >= 0.3 is 5.97 Å². The zero-order valence-electron chi connectivity index (χ0n) is 9.82. The Morgan fingerprint density at radius 2 is 2.00 bits per heavy atom. The van der Waals surface area contributed by atoms with Crippen molar-refractivity contribution < 1.29 is 15.0 Å². The van der Waals surface area contributed by atoms with Crippen LogP contribution in [0.4, 0.5) is 0 Å². The van der Waals surface area contributed by atoms with Gasteiger partial charge < -0.3 is 15.5 Å². The van der Waals surface area contributed by atoms with Gasteiger partial charge in [0.25, 0.3) is 0 Å². The monoisotopic (exact) mass is 215 g/mol. The summed E-state index contributed by atoms with van der Waals surface area (Å²) in [4.78, 5) is 10.8. The lowest BCUT2D eigenvalue weighted by Crippen LogP contribution is -2.62. The molecule has 0 heterocycles. The van der Waals surface area contributed by atoms with E-state index in [1.165, 1.54) is 0 Å². The molecule has 0 saturated heterocycles. The van der Waals surface area contributed by atoms with Gasteiger partial charge in [0.1, 0.15) is 0 Å². The molecule has 0 bridgehead atoms. The fourth-order valence-electron chi connectivity index (χ4n) is 1.86. The van der Waals surface area contributed by atoms with Crippen LogP contribution in [0.15, 0.2) is 0 Å². The van der Waals surface area contributed by atoms with Crippen LogP contribution in [0.2, 0.25) is 0 Å². The number of hydrogen-bond acceptors (Lipinski definition) is 3. The van der Waals surface area contributed by atoms with Crippen molar-refractivity contribution in [1.29, 1.82) is 0 Å². The van der Waals surface area contributed by atoms with Crippen molar-refractivity contribution in [3.63, 3.8) is 0 Å². The molecule has 1 aliphatic rings. The Labute approximate surface area is 90.7 Å². The number of nitrogens with one attached hydrogen (secondary N) is 1. The summed E-state index contributed by atoms with van der Waals surface area (Å²) in [5.41, 5.74) is -0.146. The molecule has 1 aliphatic carbocycles. The summed E-state index contributed by atoms with van der Waals surface area (Å²) in [6.45, 7) is 7.57. The van der Waals surface area contributed by atoms with Crippen molar-refractivity contribution in [3.8, 4) is 0 Å². The zero-order valence-corrected chi connectivity index (χ0v) is 9.82. The van der Waals surface area contributed by atoms with Crippen LogP contribution >= 0.6 is 0 Å². The van der Waals surface area contributed by atoms with Crippen LogP contribution in [-0.2, 0) is 4.79 Å². The van der Waals surface area contributed by atoms with E-state index in [0.717, 1.165) is 0 Å². The number of aliphatic carboxylic acids is 1. The molecule has 4 nitrogen and oxygen atoms in total. The molecule has 4 heteroatoms. The van der Waals surface area contributed by atoms with Crippen LogP contribution in [0.5, 0.6) is 0 Å². The Morgan fingerprint density at radius 3 is 2.33 bits per heavy atom. The molecule has 88 valence electrons. The van der Waals surface area contributed by atoms with Gasteiger partial charge in [-0.2, -0.15) is 0 Å². The van der Waals surface area contributed by atoms with Gasteiger partial charge in [0.2, 0.25) is 0 Å². The molecular formula is C11H21NO3. The van der Waals surface area contributed by atoms with Crippen LogP contribution in [0, 0.1) is 11.3 Å². The molecule has 0 amide bonds. The quantitative estimate of drug-likeness (QED) is 0.650. The maximum atomic E-state index is 10.8. The Morgan fingerprint density at radius 1 is 1.47 bits per heavy atom. The molecule has 4 unspecified atom stereocenters. The maximum Gasteiger partial charge on any atom is 0.307 e. The maximum absolute atomic E-state index is 10.8. The first-order valence-corrected chi connectivity index (χ1v) is 5.43. The average molecular weight is 215 g/mol.